The second kappa shape index (κ2) is 8.13. The minimum Gasteiger partial charge on any atom is -0.508 e. The number of benzene rings is 1. The van der Waals surface area contributed by atoms with Crippen molar-refractivity contribution in [2.75, 3.05) is 13.1 Å². The van der Waals surface area contributed by atoms with E-state index < -0.39 is 0 Å². The average molecular weight is 422 g/mol. The average Bonchev–Trinajstić information content (AvgIpc) is 3.51. The van der Waals surface area contributed by atoms with E-state index in [2.05, 4.69) is 39.9 Å². The number of hydrazine groups is 1. The summed E-state index contributed by atoms with van der Waals surface area (Å²) in [4.78, 5) is 21.6. The number of nitrogens with one attached hydrogen (secondary N) is 3. The maximum absolute atomic E-state index is 11.6. The lowest BCUT2D eigenvalue weighted by atomic mass is 9.73. The summed E-state index contributed by atoms with van der Waals surface area (Å²) >= 11 is 0. The molecular weight excluding hydrogens is 390 g/mol. The number of hydrogen-bond acceptors (Lipinski definition) is 5. The smallest absolute Gasteiger partial charge is 0.220 e. The van der Waals surface area contributed by atoms with Crippen LogP contribution < -0.4 is 10.9 Å². The van der Waals surface area contributed by atoms with Crippen molar-refractivity contribution in [1.82, 2.24) is 25.7 Å². The Morgan fingerprint density at radius 1 is 1.29 bits per heavy atom. The van der Waals surface area contributed by atoms with Gasteiger partial charge >= 0.3 is 0 Å². The lowest BCUT2D eigenvalue weighted by Crippen LogP contribution is -2.35. The van der Waals surface area contributed by atoms with Gasteiger partial charge in [0.05, 0.1) is 17.9 Å². The van der Waals surface area contributed by atoms with Crippen molar-refractivity contribution in [3.63, 3.8) is 0 Å². The van der Waals surface area contributed by atoms with Crippen LogP contribution in [0.25, 0.3) is 5.57 Å². The number of aromatic hydroxyl groups is 1. The zero-order valence-corrected chi connectivity index (χ0v) is 18.2. The summed E-state index contributed by atoms with van der Waals surface area (Å²) in [6, 6.07) is 6.40. The molecule has 0 radical (unpaired) electrons. The maximum atomic E-state index is 11.6. The number of hydrogen-bond donors (Lipinski definition) is 4. The Kier molecular flexibility index (Phi) is 5.32. The van der Waals surface area contributed by atoms with Crippen molar-refractivity contribution >= 4 is 11.5 Å². The highest BCUT2D eigenvalue weighted by molar-refractivity contribution is 5.79. The van der Waals surface area contributed by atoms with Gasteiger partial charge in [-0.25, -0.2) is 10.4 Å². The molecule has 0 spiro atoms. The number of nitrogens with zero attached hydrogens (tertiary/aromatic N) is 2. The SMILES string of the molecule is CCc1cc(O)ccc1C1CCC2C(C1)NNC2c1ncc(C2=CCN(C(C)=O)C2)[nH]1. The second-order valence-corrected chi connectivity index (χ2v) is 9.09. The molecule has 1 aromatic heterocycles. The van der Waals surface area contributed by atoms with Gasteiger partial charge in [0, 0.05) is 26.1 Å². The van der Waals surface area contributed by atoms with Crippen molar-refractivity contribution in [3.05, 3.63) is 53.1 Å². The minimum atomic E-state index is 0.104. The van der Waals surface area contributed by atoms with Crippen LogP contribution in [0.2, 0.25) is 0 Å². The number of aromatic amines is 1. The molecule has 3 aliphatic rings. The number of rotatable bonds is 4. The van der Waals surface area contributed by atoms with Gasteiger partial charge < -0.3 is 15.0 Å². The quantitative estimate of drug-likeness (QED) is 0.609. The summed E-state index contributed by atoms with van der Waals surface area (Å²) in [6.07, 6.45) is 8.30. The first-order valence-electron chi connectivity index (χ1n) is 11.4. The molecule has 2 aromatic rings. The standard InChI is InChI=1S/C24H31N5O2/c1-3-15-10-18(31)5-7-19(15)16-4-6-20-21(11-16)27-28-23(20)24-25-12-22(26-24)17-8-9-29(13-17)14(2)30/h5,7-8,10,12,16,20-21,23,27-28,31H,3-4,6,9,11,13H2,1-2H3,(H,25,26). The molecule has 7 nitrogen and oxygen atoms in total. The van der Waals surface area contributed by atoms with Crippen LogP contribution in [0.1, 0.15) is 67.7 Å². The van der Waals surface area contributed by atoms with Crippen LogP contribution in [0.5, 0.6) is 5.75 Å². The number of aromatic nitrogens is 2. The molecule has 4 N–H and O–H groups in total. The van der Waals surface area contributed by atoms with E-state index in [0.29, 0.717) is 36.7 Å². The maximum Gasteiger partial charge on any atom is 0.220 e. The molecule has 1 aliphatic carbocycles. The summed E-state index contributed by atoms with van der Waals surface area (Å²) in [5.41, 5.74) is 11.8. The van der Waals surface area contributed by atoms with Crippen LogP contribution in [0.3, 0.4) is 0 Å². The third-order valence-corrected chi connectivity index (χ3v) is 7.30. The van der Waals surface area contributed by atoms with Gasteiger partial charge in [0.2, 0.25) is 5.91 Å². The Hall–Kier alpha value is -2.64. The number of H-pyrrole nitrogens is 1. The summed E-state index contributed by atoms with van der Waals surface area (Å²) in [6.45, 7) is 5.08. The van der Waals surface area contributed by atoms with Gasteiger partial charge in [0.25, 0.3) is 0 Å². The number of imidazole rings is 1. The molecule has 5 rings (SSSR count). The highest BCUT2D eigenvalue weighted by Gasteiger charge is 2.42. The van der Waals surface area contributed by atoms with Gasteiger partial charge in [0.1, 0.15) is 11.6 Å². The van der Waals surface area contributed by atoms with Crippen LogP contribution >= 0.6 is 0 Å². The predicted molar refractivity (Wildman–Crippen MR) is 119 cm³/mol. The van der Waals surface area contributed by atoms with Gasteiger partial charge in [0.15, 0.2) is 0 Å². The number of phenols is 1. The van der Waals surface area contributed by atoms with Crippen LogP contribution in [0, 0.1) is 5.92 Å². The number of carbonyl (C=O) groups is 1. The van der Waals surface area contributed by atoms with Crippen LogP contribution in [-0.4, -0.2) is 45.0 Å². The first kappa shape index (κ1) is 20.3. The molecule has 1 saturated carbocycles. The van der Waals surface area contributed by atoms with Crippen LogP contribution in [0.15, 0.2) is 30.5 Å². The van der Waals surface area contributed by atoms with E-state index in [-0.39, 0.29) is 11.9 Å². The first-order valence-corrected chi connectivity index (χ1v) is 11.4. The van der Waals surface area contributed by atoms with Crippen LogP contribution in [-0.2, 0) is 11.2 Å². The molecule has 7 heteroatoms. The Morgan fingerprint density at radius 3 is 2.94 bits per heavy atom. The second-order valence-electron chi connectivity index (χ2n) is 9.09. The predicted octanol–water partition coefficient (Wildman–Crippen LogP) is 3.02. The molecule has 2 fully saturated rings. The van der Waals surface area contributed by atoms with E-state index in [4.69, 9.17) is 0 Å². The topological polar surface area (TPSA) is 93.3 Å². The fraction of sp³-hybridized carbons (Fsp3) is 0.500. The number of fused-ring (bicyclic) bond motifs is 1. The van der Waals surface area contributed by atoms with Gasteiger partial charge in [-0.15, -0.1) is 0 Å². The van der Waals surface area contributed by atoms with Crippen molar-refractivity contribution in [2.45, 2.75) is 57.5 Å². The van der Waals surface area contributed by atoms with E-state index >= 15 is 0 Å². The Morgan fingerprint density at radius 2 is 2.16 bits per heavy atom. The Labute approximate surface area is 182 Å². The molecular formula is C24H31N5O2. The van der Waals surface area contributed by atoms with Crippen molar-refractivity contribution in [3.8, 4) is 5.75 Å². The van der Waals surface area contributed by atoms with Gasteiger partial charge in [-0.1, -0.05) is 19.1 Å². The molecule has 2 aliphatic heterocycles. The minimum absolute atomic E-state index is 0.104. The highest BCUT2D eigenvalue weighted by atomic mass is 16.3. The number of phenolic OH excluding ortho intramolecular Hbond substituents is 1. The third-order valence-electron chi connectivity index (χ3n) is 7.30. The van der Waals surface area contributed by atoms with E-state index in [1.54, 1.807) is 6.92 Å². The third kappa shape index (κ3) is 3.77. The van der Waals surface area contributed by atoms with E-state index in [0.717, 1.165) is 42.8 Å². The number of aryl methyl sites for hydroxylation is 1. The monoisotopic (exact) mass is 421 g/mol. The molecule has 31 heavy (non-hydrogen) atoms. The van der Waals surface area contributed by atoms with E-state index in [1.165, 1.54) is 11.1 Å². The van der Waals surface area contributed by atoms with Crippen molar-refractivity contribution in [2.24, 2.45) is 5.92 Å². The molecule has 3 heterocycles. The molecule has 1 saturated heterocycles. The molecule has 164 valence electrons. The summed E-state index contributed by atoms with van der Waals surface area (Å²) in [7, 11) is 0. The summed E-state index contributed by atoms with van der Waals surface area (Å²) < 4.78 is 0. The Bertz CT molecular complexity index is 1010. The first-order chi connectivity index (χ1) is 15.0. The lowest BCUT2D eigenvalue weighted by molar-refractivity contribution is -0.127. The molecule has 0 bridgehead atoms. The highest BCUT2D eigenvalue weighted by Crippen LogP contribution is 2.44. The normalized spacial score (nSPS) is 27.9. The molecule has 4 unspecified atom stereocenters. The molecule has 1 aromatic carbocycles. The van der Waals surface area contributed by atoms with Crippen molar-refractivity contribution < 1.29 is 9.90 Å². The lowest BCUT2D eigenvalue weighted by Gasteiger charge is -2.33. The van der Waals surface area contributed by atoms with E-state index in [9.17, 15) is 9.90 Å². The summed E-state index contributed by atoms with van der Waals surface area (Å²) in [5, 5.41) is 9.84. The fourth-order valence-corrected chi connectivity index (χ4v) is 5.56. The number of amides is 1. The number of carbonyl (C=O) groups excluding carboxylic acids is 1. The Balaban J connectivity index is 1.27. The van der Waals surface area contributed by atoms with Gasteiger partial charge in [-0.2, -0.15) is 0 Å². The fourth-order valence-electron chi connectivity index (χ4n) is 5.56. The van der Waals surface area contributed by atoms with Gasteiger partial charge in [-0.05, 0) is 66.4 Å². The zero-order chi connectivity index (χ0) is 21.5. The van der Waals surface area contributed by atoms with Gasteiger partial charge in [-0.3, -0.25) is 10.2 Å². The largest absolute Gasteiger partial charge is 0.508 e. The van der Waals surface area contributed by atoms with E-state index in [1.807, 2.05) is 23.2 Å². The summed E-state index contributed by atoms with van der Waals surface area (Å²) in [5.74, 6) is 2.43. The van der Waals surface area contributed by atoms with Crippen LogP contribution in [0.4, 0.5) is 0 Å². The van der Waals surface area contributed by atoms with Crippen molar-refractivity contribution in [1.29, 1.82) is 0 Å². The zero-order valence-electron chi connectivity index (χ0n) is 18.2. The molecule has 1 amide bonds. The molecule has 4 atom stereocenters.